The number of rotatable bonds is 4. The van der Waals surface area contributed by atoms with Crippen LogP contribution in [-0.4, -0.2) is 43.7 Å². The number of nitrogens with one attached hydrogen (secondary N) is 2. The predicted octanol–water partition coefficient (Wildman–Crippen LogP) is 1.39. The molecule has 2 aliphatic heterocycles. The van der Waals surface area contributed by atoms with Crippen LogP contribution in [0, 0.1) is 0 Å². The molecule has 3 rings (SSSR count). The molecule has 2 fully saturated rings. The van der Waals surface area contributed by atoms with Gasteiger partial charge in [-0.25, -0.2) is 0 Å². The van der Waals surface area contributed by atoms with Crippen molar-refractivity contribution in [2.75, 3.05) is 32.7 Å². The Hall–Kier alpha value is -0.900. The van der Waals surface area contributed by atoms with Gasteiger partial charge in [0.15, 0.2) is 0 Å². The van der Waals surface area contributed by atoms with Crippen molar-refractivity contribution in [3.05, 3.63) is 35.4 Å². The molecule has 0 radical (unpaired) electrons. The SMILES string of the molecule is c1cc(CN2CCNCC2)ccc1CC1CCCN1. The first kappa shape index (κ1) is 13.1. The van der Waals surface area contributed by atoms with E-state index < -0.39 is 0 Å². The van der Waals surface area contributed by atoms with Crippen LogP contribution >= 0.6 is 0 Å². The molecule has 3 heteroatoms. The summed E-state index contributed by atoms with van der Waals surface area (Å²) in [5.74, 6) is 0. The number of hydrogen-bond donors (Lipinski definition) is 2. The highest BCUT2D eigenvalue weighted by molar-refractivity contribution is 5.23. The molecular formula is C16H25N3. The number of nitrogens with zero attached hydrogens (tertiary/aromatic N) is 1. The molecule has 1 aromatic carbocycles. The summed E-state index contributed by atoms with van der Waals surface area (Å²) >= 11 is 0. The quantitative estimate of drug-likeness (QED) is 0.855. The second-order valence-corrected chi connectivity index (χ2v) is 5.84. The van der Waals surface area contributed by atoms with Gasteiger partial charge in [0.05, 0.1) is 0 Å². The van der Waals surface area contributed by atoms with Crippen molar-refractivity contribution in [2.45, 2.75) is 31.8 Å². The summed E-state index contributed by atoms with van der Waals surface area (Å²) in [4.78, 5) is 2.53. The Morgan fingerprint density at radius 2 is 1.74 bits per heavy atom. The predicted molar refractivity (Wildman–Crippen MR) is 79.3 cm³/mol. The second kappa shape index (κ2) is 6.51. The fourth-order valence-corrected chi connectivity index (χ4v) is 3.12. The van der Waals surface area contributed by atoms with Gasteiger partial charge in [0.1, 0.15) is 0 Å². The first-order valence-electron chi connectivity index (χ1n) is 7.64. The monoisotopic (exact) mass is 259 g/mol. The van der Waals surface area contributed by atoms with Crippen molar-refractivity contribution in [1.82, 2.24) is 15.5 Å². The van der Waals surface area contributed by atoms with Gasteiger partial charge in [-0.15, -0.1) is 0 Å². The van der Waals surface area contributed by atoms with Crippen LogP contribution in [0.2, 0.25) is 0 Å². The molecule has 3 nitrogen and oxygen atoms in total. The van der Waals surface area contributed by atoms with Crippen LogP contribution in [-0.2, 0) is 13.0 Å². The number of benzene rings is 1. The molecule has 0 aromatic heterocycles. The van der Waals surface area contributed by atoms with Crippen molar-refractivity contribution >= 4 is 0 Å². The summed E-state index contributed by atoms with van der Waals surface area (Å²) in [5, 5.41) is 6.97. The lowest BCUT2D eigenvalue weighted by Crippen LogP contribution is -2.42. The average Bonchev–Trinajstić information content (AvgIpc) is 2.95. The minimum absolute atomic E-state index is 0.707. The molecule has 1 unspecified atom stereocenters. The number of hydrogen-bond acceptors (Lipinski definition) is 3. The summed E-state index contributed by atoms with van der Waals surface area (Å²) in [6.45, 7) is 6.91. The fraction of sp³-hybridized carbons (Fsp3) is 0.625. The normalized spacial score (nSPS) is 24.7. The minimum atomic E-state index is 0.707. The molecule has 2 aliphatic rings. The van der Waals surface area contributed by atoms with Gasteiger partial charge in [-0.2, -0.15) is 0 Å². The summed E-state index contributed by atoms with van der Waals surface area (Å²) in [5.41, 5.74) is 2.92. The molecule has 1 atom stereocenters. The van der Waals surface area contributed by atoms with Crippen LogP contribution in [0.3, 0.4) is 0 Å². The maximum Gasteiger partial charge on any atom is 0.0234 e. The first-order chi connectivity index (χ1) is 9.40. The molecule has 2 saturated heterocycles. The molecule has 2 heterocycles. The Bertz CT molecular complexity index is 375. The van der Waals surface area contributed by atoms with E-state index in [1.807, 2.05) is 0 Å². The van der Waals surface area contributed by atoms with E-state index >= 15 is 0 Å². The molecule has 1 aromatic rings. The lowest BCUT2D eigenvalue weighted by atomic mass is 10.0. The Balaban J connectivity index is 1.52. The summed E-state index contributed by atoms with van der Waals surface area (Å²) in [7, 11) is 0. The molecule has 0 bridgehead atoms. The summed E-state index contributed by atoms with van der Waals surface area (Å²) in [6.07, 6.45) is 3.86. The lowest BCUT2D eigenvalue weighted by Gasteiger charge is -2.27. The van der Waals surface area contributed by atoms with Crippen molar-refractivity contribution in [3.63, 3.8) is 0 Å². The van der Waals surface area contributed by atoms with E-state index in [2.05, 4.69) is 39.8 Å². The van der Waals surface area contributed by atoms with E-state index in [1.54, 1.807) is 0 Å². The highest BCUT2D eigenvalue weighted by Gasteiger charge is 2.14. The highest BCUT2D eigenvalue weighted by Crippen LogP contribution is 2.14. The number of piperazine rings is 1. The van der Waals surface area contributed by atoms with Gasteiger partial charge < -0.3 is 10.6 Å². The summed E-state index contributed by atoms with van der Waals surface area (Å²) in [6, 6.07) is 9.97. The van der Waals surface area contributed by atoms with Crippen molar-refractivity contribution in [3.8, 4) is 0 Å². The third kappa shape index (κ3) is 3.78. The zero-order valence-electron chi connectivity index (χ0n) is 11.7. The van der Waals surface area contributed by atoms with Crippen LogP contribution in [0.1, 0.15) is 24.0 Å². The van der Waals surface area contributed by atoms with Crippen LogP contribution < -0.4 is 10.6 Å². The fourth-order valence-electron chi connectivity index (χ4n) is 3.12. The van der Waals surface area contributed by atoms with E-state index in [4.69, 9.17) is 0 Å². The van der Waals surface area contributed by atoms with Crippen LogP contribution in [0.5, 0.6) is 0 Å². The topological polar surface area (TPSA) is 27.3 Å². The lowest BCUT2D eigenvalue weighted by molar-refractivity contribution is 0.233. The van der Waals surface area contributed by atoms with E-state index in [0.29, 0.717) is 6.04 Å². The molecule has 0 saturated carbocycles. The van der Waals surface area contributed by atoms with E-state index in [-0.39, 0.29) is 0 Å². The third-order valence-electron chi connectivity index (χ3n) is 4.28. The Labute approximate surface area is 116 Å². The maximum absolute atomic E-state index is 3.57. The van der Waals surface area contributed by atoms with Gasteiger partial charge in [0.25, 0.3) is 0 Å². The molecule has 0 amide bonds. The molecule has 0 aliphatic carbocycles. The largest absolute Gasteiger partial charge is 0.314 e. The van der Waals surface area contributed by atoms with E-state index in [1.165, 1.54) is 50.0 Å². The molecule has 19 heavy (non-hydrogen) atoms. The Kier molecular flexibility index (Phi) is 4.49. The Morgan fingerprint density at radius 1 is 1.00 bits per heavy atom. The third-order valence-corrected chi connectivity index (χ3v) is 4.28. The zero-order chi connectivity index (χ0) is 12.9. The van der Waals surface area contributed by atoms with Crippen molar-refractivity contribution in [1.29, 1.82) is 0 Å². The molecule has 2 N–H and O–H groups in total. The van der Waals surface area contributed by atoms with Gasteiger partial charge in [-0.3, -0.25) is 4.90 Å². The highest BCUT2D eigenvalue weighted by atomic mass is 15.2. The standard InChI is InChI=1S/C16H25N3/c1-2-16(18-7-1)12-14-3-5-15(6-4-14)13-19-10-8-17-9-11-19/h3-6,16-18H,1-2,7-13H2. The van der Waals surface area contributed by atoms with E-state index in [9.17, 15) is 0 Å². The van der Waals surface area contributed by atoms with Crippen LogP contribution in [0.4, 0.5) is 0 Å². The van der Waals surface area contributed by atoms with Crippen LogP contribution in [0.15, 0.2) is 24.3 Å². The van der Waals surface area contributed by atoms with Gasteiger partial charge in [0, 0.05) is 38.8 Å². The van der Waals surface area contributed by atoms with Gasteiger partial charge in [-0.1, -0.05) is 24.3 Å². The van der Waals surface area contributed by atoms with Gasteiger partial charge in [0.2, 0.25) is 0 Å². The molecule has 0 spiro atoms. The smallest absolute Gasteiger partial charge is 0.0234 e. The van der Waals surface area contributed by atoms with Crippen LogP contribution in [0.25, 0.3) is 0 Å². The zero-order valence-corrected chi connectivity index (χ0v) is 11.7. The van der Waals surface area contributed by atoms with Crippen molar-refractivity contribution < 1.29 is 0 Å². The minimum Gasteiger partial charge on any atom is -0.314 e. The molecular weight excluding hydrogens is 234 g/mol. The first-order valence-corrected chi connectivity index (χ1v) is 7.64. The summed E-state index contributed by atoms with van der Waals surface area (Å²) < 4.78 is 0. The van der Waals surface area contributed by atoms with E-state index in [0.717, 1.165) is 19.6 Å². The Morgan fingerprint density at radius 3 is 2.42 bits per heavy atom. The maximum atomic E-state index is 3.57. The van der Waals surface area contributed by atoms with Crippen molar-refractivity contribution in [2.24, 2.45) is 0 Å². The van der Waals surface area contributed by atoms with Gasteiger partial charge in [-0.05, 0) is 36.9 Å². The second-order valence-electron chi connectivity index (χ2n) is 5.84. The van der Waals surface area contributed by atoms with Gasteiger partial charge >= 0.3 is 0 Å². The molecule has 104 valence electrons. The average molecular weight is 259 g/mol.